The number of carbonyl (C=O) groups is 1. The summed E-state index contributed by atoms with van der Waals surface area (Å²) < 4.78 is 0.964. The van der Waals surface area contributed by atoms with E-state index in [1.807, 2.05) is 54.6 Å². The number of nitrogens with zero attached hydrogens (tertiary/aromatic N) is 3. The first-order valence-corrected chi connectivity index (χ1v) is 8.97. The number of hydrogen-bond acceptors (Lipinski definition) is 3. The van der Waals surface area contributed by atoms with E-state index in [1.54, 1.807) is 4.90 Å². The monoisotopic (exact) mass is 398 g/mol. The number of anilines is 1. The van der Waals surface area contributed by atoms with E-state index in [2.05, 4.69) is 32.2 Å². The van der Waals surface area contributed by atoms with E-state index < -0.39 is 0 Å². The molecule has 25 heavy (non-hydrogen) atoms. The third kappa shape index (κ3) is 4.38. The average molecular weight is 399 g/mol. The summed E-state index contributed by atoms with van der Waals surface area (Å²) in [6, 6.07) is 19.3. The molecule has 1 aliphatic rings. The van der Waals surface area contributed by atoms with E-state index in [-0.39, 0.29) is 12.1 Å². The van der Waals surface area contributed by atoms with Crippen molar-refractivity contribution < 1.29 is 4.79 Å². The van der Waals surface area contributed by atoms with Crippen molar-refractivity contribution in [2.75, 3.05) is 31.5 Å². The second-order valence-corrected chi connectivity index (χ2v) is 6.82. The summed E-state index contributed by atoms with van der Waals surface area (Å²) in [6.07, 6.45) is 0. The van der Waals surface area contributed by atoms with Crippen molar-refractivity contribution in [2.24, 2.45) is 0 Å². The summed E-state index contributed by atoms with van der Waals surface area (Å²) in [5, 5.41) is 12.5. The second-order valence-electron chi connectivity index (χ2n) is 5.91. The van der Waals surface area contributed by atoms with E-state index in [0.29, 0.717) is 26.2 Å². The van der Waals surface area contributed by atoms with Gasteiger partial charge in [-0.25, -0.2) is 4.79 Å². The molecule has 0 bridgehead atoms. The molecule has 1 saturated heterocycles. The number of carbonyl (C=O) groups excluding carboxylic acids is 1. The zero-order valence-electron chi connectivity index (χ0n) is 13.7. The number of rotatable bonds is 3. The Kier molecular flexibility index (Phi) is 5.69. The highest BCUT2D eigenvalue weighted by Gasteiger charge is 2.27. The zero-order chi connectivity index (χ0) is 17.6. The summed E-state index contributed by atoms with van der Waals surface area (Å²) in [7, 11) is 0. The smallest absolute Gasteiger partial charge is 0.321 e. The van der Waals surface area contributed by atoms with Crippen LogP contribution in [0.2, 0.25) is 0 Å². The van der Waals surface area contributed by atoms with Crippen molar-refractivity contribution in [3.8, 4) is 6.07 Å². The van der Waals surface area contributed by atoms with Gasteiger partial charge in [0.1, 0.15) is 6.04 Å². The molecule has 0 aromatic heterocycles. The summed E-state index contributed by atoms with van der Waals surface area (Å²) >= 11 is 3.45. The Hall–Kier alpha value is -2.36. The number of halogens is 1. The Morgan fingerprint density at radius 2 is 1.80 bits per heavy atom. The molecule has 1 atom stereocenters. The van der Waals surface area contributed by atoms with Crippen LogP contribution < -0.4 is 5.32 Å². The van der Waals surface area contributed by atoms with E-state index >= 15 is 0 Å². The number of nitriles is 1. The summed E-state index contributed by atoms with van der Waals surface area (Å²) in [5.74, 6) is 0. The van der Waals surface area contributed by atoms with E-state index in [0.717, 1.165) is 15.7 Å². The van der Waals surface area contributed by atoms with Crippen molar-refractivity contribution >= 4 is 27.6 Å². The molecule has 1 N–H and O–H groups in total. The number of piperazine rings is 1. The van der Waals surface area contributed by atoms with Gasteiger partial charge < -0.3 is 10.2 Å². The molecule has 0 spiro atoms. The minimum absolute atomic E-state index is 0.0955. The molecule has 2 amide bonds. The Morgan fingerprint density at radius 1 is 1.08 bits per heavy atom. The van der Waals surface area contributed by atoms with Gasteiger partial charge in [-0.15, -0.1) is 0 Å². The van der Waals surface area contributed by atoms with Gasteiger partial charge in [-0.3, -0.25) is 4.90 Å². The lowest BCUT2D eigenvalue weighted by molar-refractivity contribution is 0.131. The van der Waals surface area contributed by atoms with Crippen molar-refractivity contribution in [1.82, 2.24) is 9.80 Å². The molecule has 1 unspecified atom stereocenters. The SMILES string of the molecule is N#CC(c1cccc(Br)c1)N1CCN(C(=O)Nc2ccccc2)CC1. The highest BCUT2D eigenvalue weighted by molar-refractivity contribution is 9.10. The summed E-state index contributed by atoms with van der Waals surface area (Å²) in [6.45, 7) is 2.55. The maximum atomic E-state index is 12.4. The molecule has 5 nitrogen and oxygen atoms in total. The van der Waals surface area contributed by atoms with Crippen molar-refractivity contribution in [1.29, 1.82) is 5.26 Å². The third-order valence-electron chi connectivity index (χ3n) is 4.28. The van der Waals surface area contributed by atoms with Crippen LogP contribution in [0.3, 0.4) is 0 Å². The Balaban J connectivity index is 1.59. The van der Waals surface area contributed by atoms with Gasteiger partial charge in [-0.1, -0.05) is 46.3 Å². The average Bonchev–Trinajstić information content (AvgIpc) is 2.64. The minimum atomic E-state index is -0.295. The third-order valence-corrected chi connectivity index (χ3v) is 4.77. The predicted molar refractivity (Wildman–Crippen MR) is 101 cm³/mol. The Labute approximate surface area is 156 Å². The molecular formula is C19H19BrN4O. The van der Waals surface area contributed by atoms with Gasteiger partial charge >= 0.3 is 6.03 Å². The number of para-hydroxylation sites is 1. The molecule has 1 fully saturated rings. The first-order valence-electron chi connectivity index (χ1n) is 8.17. The molecule has 6 heteroatoms. The highest BCUT2D eigenvalue weighted by Crippen LogP contribution is 2.24. The fourth-order valence-corrected chi connectivity index (χ4v) is 3.37. The molecule has 1 heterocycles. The van der Waals surface area contributed by atoms with Gasteiger partial charge in [0, 0.05) is 36.3 Å². The van der Waals surface area contributed by atoms with Crippen LogP contribution in [-0.2, 0) is 0 Å². The number of urea groups is 1. The molecule has 1 aliphatic heterocycles. The molecule has 0 saturated carbocycles. The minimum Gasteiger partial charge on any atom is -0.322 e. The number of amides is 2. The number of hydrogen-bond donors (Lipinski definition) is 1. The predicted octanol–water partition coefficient (Wildman–Crippen LogP) is 3.86. The highest BCUT2D eigenvalue weighted by atomic mass is 79.9. The first-order chi connectivity index (χ1) is 12.2. The lowest BCUT2D eigenvalue weighted by Crippen LogP contribution is -2.50. The van der Waals surface area contributed by atoms with Crippen LogP contribution in [0.15, 0.2) is 59.1 Å². The van der Waals surface area contributed by atoms with Crippen LogP contribution in [0.4, 0.5) is 10.5 Å². The maximum Gasteiger partial charge on any atom is 0.321 e. The first kappa shape index (κ1) is 17.5. The van der Waals surface area contributed by atoms with E-state index in [1.165, 1.54) is 0 Å². The normalized spacial score (nSPS) is 16.1. The van der Waals surface area contributed by atoms with Gasteiger partial charge in [-0.2, -0.15) is 5.26 Å². The molecule has 3 rings (SSSR count). The van der Waals surface area contributed by atoms with Crippen molar-refractivity contribution in [3.63, 3.8) is 0 Å². The van der Waals surface area contributed by atoms with Crippen molar-refractivity contribution in [2.45, 2.75) is 6.04 Å². The molecular weight excluding hydrogens is 380 g/mol. The summed E-state index contributed by atoms with van der Waals surface area (Å²) in [5.41, 5.74) is 1.76. The van der Waals surface area contributed by atoms with E-state index in [4.69, 9.17) is 0 Å². The Morgan fingerprint density at radius 3 is 2.44 bits per heavy atom. The van der Waals surface area contributed by atoms with Crippen molar-refractivity contribution in [3.05, 3.63) is 64.6 Å². The number of nitrogens with one attached hydrogen (secondary N) is 1. The lowest BCUT2D eigenvalue weighted by atomic mass is 10.1. The summed E-state index contributed by atoms with van der Waals surface area (Å²) in [4.78, 5) is 16.3. The van der Waals surface area contributed by atoms with Gasteiger partial charge in [-0.05, 0) is 29.8 Å². The molecule has 2 aromatic carbocycles. The lowest BCUT2D eigenvalue weighted by Gasteiger charge is -2.37. The molecule has 2 aromatic rings. The molecule has 128 valence electrons. The quantitative estimate of drug-likeness (QED) is 0.853. The van der Waals surface area contributed by atoms with Gasteiger partial charge in [0.2, 0.25) is 0 Å². The zero-order valence-corrected chi connectivity index (χ0v) is 15.3. The van der Waals surface area contributed by atoms with Crippen LogP contribution in [0.5, 0.6) is 0 Å². The van der Waals surface area contributed by atoms with Gasteiger partial charge in [0.15, 0.2) is 0 Å². The van der Waals surface area contributed by atoms with Crippen LogP contribution in [0.1, 0.15) is 11.6 Å². The van der Waals surface area contributed by atoms with E-state index in [9.17, 15) is 10.1 Å². The van der Waals surface area contributed by atoms with Crippen LogP contribution >= 0.6 is 15.9 Å². The maximum absolute atomic E-state index is 12.4. The molecule has 0 radical (unpaired) electrons. The molecule has 0 aliphatic carbocycles. The number of benzene rings is 2. The topological polar surface area (TPSA) is 59.4 Å². The standard InChI is InChI=1S/C19H19BrN4O/c20-16-6-4-5-15(13-16)18(14-21)23-9-11-24(12-10-23)19(25)22-17-7-2-1-3-8-17/h1-8,13,18H,9-12H2,(H,22,25). The van der Waals surface area contributed by atoms with Crippen LogP contribution in [0.25, 0.3) is 0 Å². The van der Waals surface area contributed by atoms with Crippen LogP contribution in [0, 0.1) is 11.3 Å². The fraction of sp³-hybridized carbons (Fsp3) is 0.263. The van der Waals surface area contributed by atoms with Crippen LogP contribution in [-0.4, -0.2) is 42.0 Å². The van der Waals surface area contributed by atoms with Gasteiger partial charge in [0.25, 0.3) is 0 Å². The largest absolute Gasteiger partial charge is 0.322 e. The fourth-order valence-electron chi connectivity index (χ4n) is 2.95. The Bertz CT molecular complexity index is 766. The van der Waals surface area contributed by atoms with Gasteiger partial charge in [0.05, 0.1) is 6.07 Å². The second kappa shape index (κ2) is 8.15.